The Balaban J connectivity index is 2.67. The second kappa shape index (κ2) is 11.4. The molecule has 1 aromatic carbocycles. The van der Waals surface area contributed by atoms with E-state index in [1.165, 1.54) is 12.1 Å². The van der Waals surface area contributed by atoms with Crippen LogP contribution < -0.4 is 20.7 Å². The van der Waals surface area contributed by atoms with Crippen LogP contribution in [0.2, 0.25) is 0 Å². The summed E-state index contributed by atoms with van der Waals surface area (Å²) in [4.78, 5) is 16.6. The van der Waals surface area contributed by atoms with Crippen LogP contribution in [0.1, 0.15) is 41.0 Å². The van der Waals surface area contributed by atoms with Crippen molar-refractivity contribution in [1.82, 2.24) is 16.0 Å². The van der Waals surface area contributed by atoms with E-state index in [1.807, 2.05) is 34.6 Å². The van der Waals surface area contributed by atoms with Crippen LogP contribution in [0.25, 0.3) is 0 Å². The predicted octanol–water partition coefficient (Wildman–Crippen LogP) is 2.70. The molecule has 1 atom stereocenters. The van der Waals surface area contributed by atoms with Crippen molar-refractivity contribution in [2.75, 3.05) is 26.2 Å². The molecule has 1 aromatic rings. The van der Waals surface area contributed by atoms with Gasteiger partial charge in [-0.15, -0.1) is 0 Å². The number of nitrogens with zero attached hydrogens (tertiary/aromatic N) is 1. The Morgan fingerprint density at radius 3 is 2.48 bits per heavy atom. The maximum absolute atomic E-state index is 13.3. The van der Waals surface area contributed by atoms with E-state index >= 15 is 0 Å². The van der Waals surface area contributed by atoms with Gasteiger partial charge in [-0.05, 0) is 46.2 Å². The third-order valence-electron chi connectivity index (χ3n) is 3.98. The fraction of sp³-hybridized carbons (Fsp3) is 0.600. The normalized spacial score (nSPS) is 13.0. The number of rotatable bonds is 10. The Morgan fingerprint density at radius 2 is 1.89 bits per heavy atom. The first-order valence-corrected chi connectivity index (χ1v) is 9.55. The highest BCUT2D eigenvalue weighted by Crippen LogP contribution is 2.16. The fourth-order valence-electron chi connectivity index (χ4n) is 2.30. The molecular weight excluding hydrogens is 347 g/mol. The summed E-state index contributed by atoms with van der Waals surface area (Å²) in [5.74, 6) is 0.780. The highest BCUT2D eigenvalue weighted by molar-refractivity contribution is 5.83. The second-order valence-electron chi connectivity index (χ2n) is 6.92. The number of carbonyl (C=O) groups is 1. The molecule has 0 aliphatic heterocycles. The summed E-state index contributed by atoms with van der Waals surface area (Å²) < 4.78 is 19.2. The summed E-state index contributed by atoms with van der Waals surface area (Å²) in [5, 5.41) is 9.24. The van der Waals surface area contributed by atoms with Crippen LogP contribution in [0.3, 0.4) is 0 Å². The zero-order chi connectivity index (χ0) is 20.3. The quantitative estimate of drug-likeness (QED) is 0.431. The molecule has 0 radical (unpaired) electrons. The van der Waals surface area contributed by atoms with Gasteiger partial charge in [-0.1, -0.05) is 13.0 Å². The van der Waals surface area contributed by atoms with Crippen molar-refractivity contribution in [1.29, 1.82) is 0 Å². The Bertz CT molecular complexity index is 620. The smallest absolute Gasteiger partial charge is 0.227 e. The van der Waals surface area contributed by atoms with E-state index in [9.17, 15) is 9.18 Å². The van der Waals surface area contributed by atoms with Crippen molar-refractivity contribution in [3.63, 3.8) is 0 Å². The summed E-state index contributed by atoms with van der Waals surface area (Å²) >= 11 is 0. The molecule has 0 saturated carbocycles. The first-order valence-electron chi connectivity index (χ1n) is 9.55. The number of aliphatic imine (C=N–C) groups is 1. The molecular formula is C20H33FN4O2. The van der Waals surface area contributed by atoms with Crippen LogP contribution in [0, 0.1) is 11.2 Å². The van der Waals surface area contributed by atoms with Crippen LogP contribution in [-0.2, 0) is 4.79 Å². The van der Waals surface area contributed by atoms with Gasteiger partial charge in [0.15, 0.2) is 5.96 Å². The van der Waals surface area contributed by atoms with Gasteiger partial charge in [-0.2, -0.15) is 0 Å². The summed E-state index contributed by atoms with van der Waals surface area (Å²) in [6.45, 7) is 11.8. The number of carbonyl (C=O) groups excluding carboxylic acids is 1. The molecule has 7 heteroatoms. The van der Waals surface area contributed by atoms with Crippen molar-refractivity contribution < 1.29 is 13.9 Å². The number of hydrogen-bond acceptors (Lipinski definition) is 3. The van der Waals surface area contributed by atoms with Crippen molar-refractivity contribution in [3.05, 3.63) is 30.1 Å². The average Bonchev–Trinajstić information content (AvgIpc) is 2.63. The van der Waals surface area contributed by atoms with E-state index in [1.54, 1.807) is 12.1 Å². The fourth-order valence-corrected chi connectivity index (χ4v) is 2.30. The Kier molecular flexibility index (Phi) is 9.61. The number of hydrogen-bond donors (Lipinski definition) is 3. The van der Waals surface area contributed by atoms with Crippen LogP contribution in [0.15, 0.2) is 29.3 Å². The van der Waals surface area contributed by atoms with Crippen molar-refractivity contribution >= 4 is 11.9 Å². The van der Waals surface area contributed by atoms with E-state index in [0.717, 1.165) is 6.42 Å². The number of nitrogens with one attached hydrogen (secondary N) is 3. The molecule has 1 rings (SSSR count). The minimum atomic E-state index is -0.597. The minimum Gasteiger partial charge on any atom is -0.489 e. The van der Waals surface area contributed by atoms with Gasteiger partial charge in [0.25, 0.3) is 0 Å². The van der Waals surface area contributed by atoms with Gasteiger partial charge >= 0.3 is 0 Å². The number of guanidine groups is 1. The lowest BCUT2D eigenvalue weighted by Crippen LogP contribution is -2.44. The molecule has 1 unspecified atom stereocenters. The number of halogens is 1. The molecule has 0 heterocycles. The van der Waals surface area contributed by atoms with Gasteiger partial charge in [0, 0.05) is 19.2 Å². The molecule has 0 aliphatic rings. The Morgan fingerprint density at radius 1 is 1.19 bits per heavy atom. The third-order valence-corrected chi connectivity index (χ3v) is 3.98. The summed E-state index contributed by atoms with van der Waals surface area (Å²) in [6.07, 6.45) is 0.625. The van der Waals surface area contributed by atoms with Gasteiger partial charge in [0.05, 0.1) is 18.5 Å². The first-order chi connectivity index (χ1) is 12.8. The molecule has 152 valence electrons. The standard InChI is InChI=1S/C20H33FN4O2/c1-6-16(27-17-11-9-10-15(21)12-17)13-24-19(23-8-3)25-14-20(4,5)18(26)22-7-2/h9-12,16H,6-8,13-14H2,1-5H3,(H,22,26)(H2,23,24,25). The maximum Gasteiger partial charge on any atom is 0.227 e. The molecule has 0 saturated heterocycles. The van der Waals surface area contributed by atoms with E-state index < -0.39 is 5.41 Å². The van der Waals surface area contributed by atoms with Crippen LogP contribution >= 0.6 is 0 Å². The molecule has 0 spiro atoms. The Labute approximate surface area is 162 Å². The third kappa shape index (κ3) is 8.28. The zero-order valence-corrected chi connectivity index (χ0v) is 17.1. The molecule has 0 aromatic heterocycles. The maximum atomic E-state index is 13.3. The molecule has 0 fully saturated rings. The monoisotopic (exact) mass is 380 g/mol. The van der Waals surface area contributed by atoms with Crippen molar-refractivity contribution in [2.45, 2.75) is 47.1 Å². The lowest BCUT2D eigenvalue weighted by atomic mass is 9.92. The molecule has 27 heavy (non-hydrogen) atoms. The average molecular weight is 381 g/mol. The molecule has 1 amide bonds. The molecule has 0 aliphatic carbocycles. The Hall–Kier alpha value is -2.31. The zero-order valence-electron chi connectivity index (χ0n) is 17.1. The van der Waals surface area contributed by atoms with Gasteiger partial charge < -0.3 is 20.7 Å². The summed E-state index contributed by atoms with van der Waals surface area (Å²) in [5.41, 5.74) is -0.597. The highest BCUT2D eigenvalue weighted by Gasteiger charge is 2.26. The van der Waals surface area contributed by atoms with Crippen molar-refractivity contribution in [2.24, 2.45) is 10.4 Å². The highest BCUT2D eigenvalue weighted by atomic mass is 19.1. The summed E-state index contributed by atoms with van der Waals surface area (Å²) in [6, 6.07) is 6.12. The molecule has 0 bridgehead atoms. The van der Waals surface area contributed by atoms with E-state index in [4.69, 9.17) is 4.74 Å². The van der Waals surface area contributed by atoms with Crippen LogP contribution in [-0.4, -0.2) is 44.1 Å². The predicted molar refractivity (Wildman–Crippen MR) is 108 cm³/mol. The number of amides is 1. The molecule has 6 nitrogen and oxygen atoms in total. The topological polar surface area (TPSA) is 74.8 Å². The SMILES string of the molecule is CCNC(=O)C(C)(C)CN=C(NCC)NCC(CC)Oc1cccc(F)c1. The van der Waals surface area contributed by atoms with Gasteiger partial charge in [-0.25, -0.2) is 4.39 Å². The summed E-state index contributed by atoms with van der Waals surface area (Å²) in [7, 11) is 0. The van der Waals surface area contributed by atoms with Gasteiger partial charge in [-0.3, -0.25) is 9.79 Å². The van der Waals surface area contributed by atoms with Gasteiger partial charge in [0.1, 0.15) is 17.7 Å². The number of benzene rings is 1. The lowest BCUT2D eigenvalue weighted by Gasteiger charge is -2.23. The van der Waals surface area contributed by atoms with Crippen LogP contribution in [0.5, 0.6) is 5.75 Å². The van der Waals surface area contributed by atoms with Gasteiger partial charge in [0.2, 0.25) is 5.91 Å². The van der Waals surface area contributed by atoms with E-state index in [0.29, 0.717) is 37.9 Å². The van der Waals surface area contributed by atoms with E-state index in [-0.39, 0.29) is 17.8 Å². The minimum absolute atomic E-state index is 0.0227. The lowest BCUT2D eigenvalue weighted by molar-refractivity contribution is -0.128. The first kappa shape index (κ1) is 22.7. The van der Waals surface area contributed by atoms with Crippen molar-refractivity contribution in [3.8, 4) is 5.75 Å². The second-order valence-corrected chi connectivity index (χ2v) is 6.92. The largest absolute Gasteiger partial charge is 0.489 e. The molecule has 3 N–H and O–H groups in total. The van der Waals surface area contributed by atoms with E-state index in [2.05, 4.69) is 20.9 Å². The number of ether oxygens (including phenoxy) is 1. The van der Waals surface area contributed by atoms with Crippen LogP contribution in [0.4, 0.5) is 4.39 Å².